The summed E-state index contributed by atoms with van der Waals surface area (Å²) < 4.78 is 8.77. The Labute approximate surface area is 68.5 Å². The Bertz CT molecular complexity index is 57.8. The fraction of sp³-hybridized carbons (Fsp3) is 0. The van der Waals surface area contributed by atoms with Gasteiger partial charge in [-0.1, -0.05) is 0 Å². The van der Waals surface area contributed by atoms with Crippen molar-refractivity contribution in [3.8, 4) is 0 Å². The fourth-order valence-electron chi connectivity index (χ4n) is 0. The minimum atomic E-state index is -4.89. The summed E-state index contributed by atoms with van der Waals surface area (Å²) in [6.07, 6.45) is 0. The van der Waals surface area contributed by atoms with Crippen LogP contribution in [0.1, 0.15) is 0 Å². The minimum absolute atomic E-state index is 0. The molecular formula is H6LaNO4P. The zero-order chi connectivity index (χ0) is 4.50. The van der Waals surface area contributed by atoms with Gasteiger partial charge in [0.15, 0.2) is 0 Å². The summed E-state index contributed by atoms with van der Waals surface area (Å²) in [6, 6.07) is 0. The molecule has 0 aromatic heterocycles. The van der Waals surface area contributed by atoms with Crippen molar-refractivity contribution < 1.29 is 54.8 Å². The fourth-order valence-corrected chi connectivity index (χ4v) is 0. The summed E-state index contributed by atoms with van der Waals surface area (Å²) in [5, 5.41) is 0. The number of rotatable bonds is 0. The van der Waals surface area contributed by atoms with Crippen LogP contribution in [0, 0.1) is 35.6 Å². The standard InChI is InChI=1S/La.H3N.H3O4P/c;;1-5(2,3)4/h;1H3;(H3,1,2,3,4). The zero-order valence-electron chi connectivity index (χ0n) is 3.74. The van der Waals surface area contributed by atoms with Crippen LogP contribution in [0.4, 0.5) is 0 Å². The molecule has 0 saturated heterocycles. The molecule has 0 rings (SSSR count). The van der Waals surface area contributed by atoms with E-state index in [1.807, 2.05) is 0 Å². The molecular weight excluding hydrogens is 248 g/mol. The van der Waals surface area contributed by atoms with Gasteiger partial charge in [0.2, 0.25) is 0 Å². The molecule has 0 amide bonds. The van der Waals surface area contributed by atoms with E-state index < -0.39 is 7.82 Å². The second-order valence-corrected chi connectivity index (χ2v) is 1.47. The van der Waals surface area contributed by atoms with Crippen molar-refractivity contribution in [3.05, 3.63) is 0 Å². The average molecular weight is 254 g/mol. The summed E-state index contributed by atoms with van der Waals surface area (Å²) in [5.41, 5.74) is 0. The molecule has 0 fully saturated rings. The van der Waals surface area contributed by atoms with Crippen LogP contribution in [0.25, 0.3) is 0 Å². The first-order valence-electron chi connectivity index (χ1n) is 0.765. The molecule has 0 heterocycles. The van der Waals surface area contributed by atoms with Gasteiger partial charge in [-0.2, -0.15) is 0 Å². The van der Waals surface area contributed by atoms with E-state index in [1.165, 1.54) is 0 Å². The van der Waals surface area contributed by atoms with Crippen LogP contribution in [-0.2, 0) is 4.57 Å². The van der Waals surface area contributed by atoms with Gasteiger partial charge in [-0.25, -0.2) is 0 Å². The first kappa shape index (κ1) is 15.7. The Kier molecular flexibility index (Phi) is 12.1. The SMILES string of the molecule is O=P([O-])(O)O.[La].[NH4+]. The number of quaternary nitrogens is 1. The van der Waals surface area contributed by atoms with Gasteiger partial charge in [0.25, 0.3) is 7.82 Å². The molecule has 0 bridgehead atoms. The summed E-state index contributed by atoms with van der Waals surface area (Å²) in [4.78, 5) is 22.9. The van der Waals surface area contributed by atoms with Crippen LogP contribution in [0.3, 0.4) is 0 Å². The van der Waals surface area contributed by atoms with E-state index >= 15 is 0 Å². The molecule has 7 heteroatoms. The predicted octanol–water partition coefficient (Wildman–Crippen LogP) is -1.18. The Morgan fingerprint density at radius 2 is 1.43 bits per heavy atom. The van der Waals surface area contributed by atoms with Crippen LogP contribution in [0.2, 0.25) is 0 Å². The molecule has 0 aliphatic heterocycles. The maximum Gasteiger partial charge on any atom is 0.262 e. The van der Waals surface area contributed by atoms with Gasteiger partial charge in [-0.05, 0) is 0 Å². The van der Waals surface area contributed by atoms with E-state index in [9.17, 15) is 0 Å². The smallest absolute Gasteiger partial charge is 0.262 e. The Morgan fingerprint density at radius 3 is 1.43 bits per heavy atom. The normalized spacial score (nSPS) is 8.43. The largest absolute Gasteiger partial charge is 0.756 e. The van der Waals surface area contributed by atoms with Crippen molar-refractivity contribution >= 4 is 7.82 Å². The van der Waals surface area contributed by atoms with Crippen LogP contribution in [0.15, 0.2) is 0 Å². The molecule has 6 N–H and O–H groups in total. The Balaban J connectivity index is -0.0000000800. The molecule has 0 spiro atoms. The van der Waals surface area contributed by atoms with Gasteiger partial charge in [0, 0.05) is 35.6 Å². The molecule has 0 aliphatic rings. The van der Waals surface area contributed by atoms with E-state index in [-0.39, 0.29) is 41.7 Å². The third kappa shape index (κ3) is 126. The molecule has 0 aromatic carbocycles. The maximum absolute atomic E-state index is 8.77. The van der Waals surface area contributed by atoms with E-state index in [0.717, 1.165) is 0 Å². The van der Waals surface area contributed by atoms with Crippen LogP contribution >= 0.6 is 7.82 Å². The van der Waals surface area contributed by atoms with Gasteiger partial charge < -0.3 is 20.8 Å². The molecule has 0 atom stereocenters. The molecule has 0 aromatic rings. The average Bonchev–Trinajstić information content (AvgIpc) is 0.722. The summed E-state index contributed by atoms with van der Waals surface area (Å²) in [6.45, 7) is 0. The van der Waals surface area contributed by atoms with E-state index in [0.29, 0.717) is 0 Å². The first-order chi connectivity index (χ1) is 2.00. The molecule has 0 aliphatic carbocycles. The predicted molar refractivity (Wildman–Crippen MR) is 18.0 cm³/mol. The van der Waals surface area contributed by atoms with E-state index in [1.54, 1.807) is 0 Å². The molecule has 5 nitrogen and oxygen atoms in total. The summed E-state index contributed by atoms with van der Waals surface area (Å²) in [7, 11) is -4.89. The van der Waals surface area contributed by atoms with E-state index in [4.69, 9.17) is 19.2 Å². The minimum Gasteiger partial charge on any atom is -0.756 e. The third-order valence-corrected chi connectivity index (χ3v) is 0. The monoisotopic (exact) mass is 254 g/mol. The van der Waals surface area contributed by atoms with Gasteiger partial charge in [-0.3, -0.25) is 4.57 Å². The number of hydrogen-bond acceptors (Lipinski definition) is 2. The molecule has 0 saturated carbocycles. The van der Waals surface area contributed by atoms with Crippen LogP contribution in [0.5, 0.6) is 0 Å². The maximum atomic E-state index is 8.77. The molecule has 7 heavy (non-hydrogen) atoms. The molecule has 43 valence electrons. The van der Waals surface area contributed by atoms with Crippen molar-refractivity contribution in [3.63, 3.8) is 0 Å². The molecule has 1 radical (unpaired) electrons. The van der Waals surface area contributed by atoms with Crippen molar-refractivity contribution in [1.82, 2.24) is 6.15 Å². The van der Waals surface area contributed by atoms with Crippen LogP contribution in [-0.4, -0.2) is 9.79 Å². The Morgan fingerprint density at radius 1 is 1.43 bits per heavy atom. The third-order valence-electron chi connectivity index (χ3n) is 0. The van der Waals surface area contributed by atoms with E-state index in [2.05, 4.69) is 0 Å². The van der Waals surface area contributed by atoms with Crippen molar-refractivity contribution in [1.29, 1.82) is 0 Å². The molecule has 0 unspecified atom stereocenters. The quantitative estimate of drug-likeness (QED) is 0.471. The summed E-state index contributed by atoms with van der Waals surface area (Å²) >= 11 is 0. The van der Waals surface area contributed by atoms with Crippen LogP contribution < -0.4 is 11.0 Å². The van der Waals surface area contributed by atoms with Crippen molar-refractivity contribution in [2.24, 2.45) is 0 Å². The second-order valence-electron chi connectivity index (χ2n) is 0.491. The zero-order valence-corrected chi connectivity index (χ0v) is 8.26. The number of hydrogen-bond donors (Lipinski definition) is 3. The summed E-state index contributed by atoms with van der Waals surface area (Å²) in [5.74, 6) is 0. The van der Waals surface area contributed by atoms with Crippen molar-refractivity contribution in [2.75, 3.05) is 0 Å². The first-order valence-corrected chi connectivity index (χ1v) is 2.30. The van der Waals surface area contributed by atoms with Gasteiger partial charge in [-0.15, -0.1) is 0 Å². The van der Waals surface area contributed by atoms with Crippen molar-refractivity contribution in [2.45, 2.75) is 0 Å². The Hall–Kier alpha value is 1.26. The number of phosphoric acid groups is 1. The second kappa shape index (κ2) is 5.40. The topological polar surface area (TPSA) is 117 Å². The van der Waals surface area contributed by atoms with Gasteiger partial charge >= 0.3 is 0 Å². The van der Waals surface area contributed by atoms with Gasteiger partial charge in [0.05, 0.1) is 0 Å². The van der Waals surface area contributed by atoms with Gasteiger partial charge in [0.1, 0.15) is 0 Å².